The molecule has 3 heterocycles. The van der Waals surface area contributed by atoms with Gasteiger partial charge in [0.25, 0.3) is 5.91 Å². The zero-order valence-electron chi connectivity index (χ0n) is 14.0. The minimum atomic E-state index is -0.128. The summed E-state index contributed by atoms with van der Waals surface area (Å²) in [4.78, 5) is 18.9. The molecule has 4 rings (SSSR count). The van der Waals surface area contributed by atoms with Gasteiger partial charge >= 0.3 is 0 Å². The molecule has 1 N–H and O–H groups in total. The van der Waals surface area contributed by atoms with Gasteiger partial charge in [-0.05, 0) is 24.3 Å². The number of hydrogen-bond acceptors (Lipinski definition) is 5. The molecule has 7 heteroatoms. The van der Waals surface area contributed by atoms with Crippen LogP contribution in [0.1, 0.15) is 10.4 Å². The van der Waals surface area contributed by atoms with E-state index < -0.39 is 0 Å². The first-order valence-corrected chi connectivity index (χ1v) is 8.27. The molecule has 1 aliphatic rings. The minimum absolute atomic E-state index is 0.128. The fourth-order valence-corrected chi connectivity index (χ4v) is 2.99. The normalized spacial score (nSPS) is 14.7. The Kier molecular flexibility index (Phi) is 4.07. The average Bonchev–Trinajstić information content (AvgIpc) is 3.16. The second kappa shape index (κ2) is 6.52. The molecule has 0 atom stereocenters. The zero-order chi connectivity index (χ0) is 17.2. The Labute approximate surface area is 145 Å². The maximum Gasteiger partial charge on any atom is 0.251 e. The lowest BCUT2D eigenvalue weighted by atomic mass is 10.1. The number of rotatable bonds is 3. The van der Waals surface area contributed by atoms with Crippen LogP contribution in [0, 0.1) is 0 Å². The van der Waals surface area contributed by atoms with Gasteiger partial charge in [-0.25, -0.2) is 9.50 Å². The highest BCUT2D eigenvalue weighted by molar-refractivity contribution is 5.95. The van der Waals surface area contributed by atoms with Crippen molar-refractivity contribution in [2.24, 2.45) is 0 Å². The predicted molar refractivity (Wildman–Crippen MR) is 94.8 cm³/mol. The van der Waals surface area contributed by atoms with Crippen LogP contribution in [0.25, 0.3) is 16.9 Å². The minimum Gasteiger partial charge on any atom is -0.378 e. The number of aromatic nitrogens is 3. The average molecular weight is 337 g/mol. The van der Waals surface area contributed by atoms with E-state index in [1.165, 1.54) is 0 Å². The van der Waals surface area contributed by atoms with Gasteiger partial charge in [0.2, 0.25) is 0 Å². The molecule has 1 amide bonds. The summed E-state index contributed by atoms with van der Waals surface area (Å²) in [5.41, 5.74) is 2.36. The van der Waals surface area contributed by atoms with E-state index in [2.05, 4.69) is 15.3 Å². The van der Waals surface area contributed by atoms with Crippen LogP contribution in [0.4, 0.5) is 5.82 Å². The van der Waals surface area contributed by atoms with Crippen molar-refractivity contribution in [3.63, 3.8) is 0 Å². The van der Waals surface area contributed by atoms with Crippen LogP contribution >= 0.6 is 0 Å². The van der Waals surface area contributed by atoms with Gasteiger partial charge in [0, 0.05) is 37.5 Å². The third-order valence-corrected chi connectivity index (χ3v) is 4.29. The van der Waals surface area contributed by atoms with Crippen molar-refractivity contribution in [1.82, 2.24) is 19.9 Å². The highest BCUT2D eigenvalue weighted by Crippen LogP contribution is 2.25. The maximum absolute atomic E-state index is 11.9. The highest BCUT2D eigenvalue weighted by atomic mass is 16.5. The number of ether oxygens (including phenoxy) is 1. The van der Waals surface area contributed by atoms with E-state index in [-0.39, 0.29) is 5.91 Å². The number of nitrogens with zero attached hydrogens (tertiary/aromatic N) is 4. The van der Waals surface area contributed by atoms with E-state index in [4.69, 9.17) is 9.72 Å². The fraction of sp³-hybridized carbons (Fsp3) is 0.278. The van der Waals surface area contributed by atoms with Gasteiger partial charge in [-0.2, -0.15) is 0 Å². The Morgan fingerprint density at radius 2 is 2.04 bits per heavy atom. The summed E-state index contributed by atoms with van der Waals surface area (Å²) in [7, 11) is 1.62. The van der Waals surface area contributed by atoms with E-state index in [0.29, 0.717) is 24.6 Å². The summed E-state index contributed by atoms with van der Waals surface area (Å²) in [6.07, 6.45) is 1.91. The highest BCUT2D eigenvalue weighted by Gasteiger charge is 2.18. The molecule has 0 unspecified atom stereocenters. The predicted octanol–water partition coefficient (Wildman–Crippen LogP) is 1.59. The van der Waals surface area contributed by atoms with Crippen LogP contribution in [-0.4, -0.2) is 53.9 Å². The van der Waals surface area contributed by atoms with Crippen LogP contribution in [-0.2, 0) is 4.74 Å². The Morgan fingerprint density at radius 1 is 1.20 bits per heavy atom. The summed E-state index contributed by atoms with van der Waals surface area (Å²) in [5, 5.41) is 7.24. The number of nitrogens with one attached hydrogen (secondary N) is 1. The summed E-state index contributed by atoms with van der Waals surface area (Å²) < 4.78 is 7.28. The summed E-state index contributed by atoms with van der Waals surface area (Å²) in [6.45, 7) is 2.99. The van der Waals surface area contributed by atoms with E-state index in [1.54, 1.807) is 13.1 Å². The Balaban J connectivity index is 1.81. The lowest BCUT2D eigenvalue weighted by molar-refractivity contribution is 0.0963. The van der Waals surface area contributed by atoms with Gasteiger partial charge in [-0.1, -0.05) is 12.1 Å². The first kappa shape index (κ1) is 15.6. The molecule has 7 nitrogen and oxygen atoms in total. The summed E-state index contributed by atoms with van der Waals surface area (Å²) >= 11 is 0. The fourth-order valence-electron chi connectivity index (χ4n) is 2.99. The van der Waals surface area contributed by atoms with Crippen LogP contribution in [0.15, 0.2) is 42.6 Å². The third kappa shape index (κ3) is 2.94. The van der Waals surface area contributed by atoms with Crippen LogP contribution in [0.5, 0.6) is 0 Å². The molecule has 3 aromatic rings. The van der Waals surface area contributed by atoms with Crippen LogP contribution < -0.4 is 10.2 Å². The number of benzene rings is 1. The molecule has 128 valence electrons. The first-order valence-electron chi connectivity index (χ1n) is 8.27. The van der Waals surface area contributed by atoms with Crippen molar-refractivity contribution in [2.45, 2.75) is 0 Å². The molecule has 1 fully saturated rings. The number of anilines is 1. The van der Waals surface area contributed by atoms with Crippen molar-refractivity contribution in [2.75, 3.05) is 38.3 Å². The number of carbonyl (C=O) groups excluding carboxylic acids is 1. The van der Waals surface area contributed by atoms with Gasteiger partial charge < -0.3 is 15.0 Å². The molecule has 0 bridgehead atoms. The van der Waals surface area contributed by atoms with E-state index in [9.17, 15) is 4.79 Å². The Morgan fingerprint density at radius 3 is 2.84 bits per heavy atom. The van der Waals surface area contributed by atoms with E-state index in [0.717, 1.165) is 30.0 Å². The molecule has 1 aliphatic heterocycles. The van der Waals surface area contributed by atoms with E-state index >= 15 is 0 Å². The lowest BCUT2D eigenvalue weighted by Crippen LogP contribution is -2.37. The SMILES string of the molecule is CNC(=O)c1cccc(-c2nc(N3CCOCC3)c3cccn3n2)c1. The smallest absolute Gasteiger partial charge is 0.251 e. The van der Waals surface area contributed by atoms with Gasteiger partial charge in [-0.3, -0.25) is 4.79 Å². The number of fused-ring (bicyclic) bond motifs is 1. The first-order chi connectivity index (χ1) is 12.3. The lowest BCUT2D eigenvalue weighted by Gasteiger charge is -2.28. The molecule has 1 aromatic carbocycles. The molecule has 2 aromatic heterocycles. The summed E-state index contributed by atoms with van der Waals surface area (Å²) in [6, 6.07) is 11.3. The standard InChI is InChI=1S/C18H19N5O2/c1-19-18(24)14-5-2-4-13(12-14)16-20-17(22-8-10-25-11-9-22)15-6-3-7-23(15)21-16/h2-7,12H,8-11H2,1H3,(H,19,24). The Bertz CT molecular complexity index is 915. The van der Waals surface area contributed by atoms with E-state index in [1.807, 2.05) is 41.0 Å². The van der Waals surface area contributed by atoms with Crippen LogP contribution in [0.3, 0.4) is 0 Å². The molecular weight excluding hydrogens is 318 g/mol. The number of amides is 1. The van der Waals surface area contributed by atoms with Crippen molar-refractivity contribution in [3.8, 4) is 11.4 Å². The second-order valence-electron chi connectivity index (χ2n) is 5.86. The molecule has 0 aliphatic carbocycles. The molecule has 1 saturated heterocycles. The second-order valence-corrected chi connectivity index (χ2v) is 5.86. The third-order valence-electron chi connectivity index (χ3n) is 4.29. The molecule has 25 heavy (non-hydrogen) atoms. The largest absolute Gasteiger partial charge is 0.378 e. The zero-order valence-corrected chi connectivity index (χ0v) is 14.0. The summed E-state index contributed by atoms with van der Waals surface area (Å²) in [5.74, 6) is 1.36. The van der Waals surface area contributed by atoms with Crippen molar-refractivity contribution in [3.05, 3.63) is 48.2 Å². The van der Waals surface area contributed by atoms with Gasteiger partial charge in [-0.15, -0.1) is 5.10 Å². The van der Waals surface area contributed by atoms with Crippen molar-refractivity contribution >= 4 is 17.2 Å². The number of morpholine rings is 1. The number of carbonyl (C=O) groups is 1. The topological polar surface area (TPSA) is 71.8 Å². The molecule has 0 spiro atoms. The van der Waals surface area contributed by atoms with Gasteiger partial charge in [0.1, 0.15) is 5.52 Å². The van der Waals surface area contributed by atoms with Gasteiger partial charge in [0.05, 0.1) is 13.2 Å². The van der Waals surface area contributed by atoms with Crippen molar-refractivity contribution < 1.29 is 9.53 Å². The van der Waals surface area contributed by atoms with Crippen molar-refractivity contribution in [1.29, 1.82) is 0 Å². The maximum atomic E-state index is 11.9. The monoisotopic (exact) mass is 337 g/mol. The Hall–Kier alpha value is -2.93. The van der Waals surface area contributed by atoms with Gasteiger partial charge in [0.15, 0.2) is 11.6 Å². The molecular formula is C18H19N5O2. The van der Waals surface area contributed by atoms with Crippen LogP contribution in [0.2, 0.25) is 0 Å². The molecule has 0 radical (unpaired) electrons. The molecule has 0 saturated carbocycles. The quantitative estimate of drug-likeness (QED) is 0.786. The number of hydrogen-bond donors (Lipinski definition) is 1.